The molecule has 0 saturated carbocycles. The molecule has 0 unspecified atom stereocenters. The second-order valence-corrected chi connectivity index (χ2v) is 7.50. The van der Waals surface area contributed by atoms with Gasteiger partial charge < -0.3 is 19.4 Å². The Morgan fingerprint density at radius 1 is 1.18 bits per heavy atom. The minimum atomic E-state index is -0.652. The van der Waals surface area contributed by atoms with Crippen molar-refractivity contribution >= 4 is 5.91 Å². The fraction of sp³-hybridized carbons (Fsp3) is 0.524. The summed E-state index contributed by atoms with van der Waals surface area (Å²) >= 11 is 0. The molecule has 0 aliphatic carbocycles. The first kappa shape index (κ1) is 19.1. The number of aromatic nitrogens is 1. The van der Waals surface area contributed by atoms with Gasteiger partial charge in [-0.15, -0.1) is 0 Å². The van der Waals surface area contributed by atoms with Gasteiger partial charge >= 0.3 is 0 Å². The third-order valence-corrected chi connectivity index (χ3v) is 5.82. The van der Waals surface area contributed by atoms with Crippen molar-refractivity contribution in [2.45, 2.75) is 25.0 Å². The van der Waals surface area contributed by atoms with Gasteiger partial charge in [-0.05, 0) is 25.9 Å². The summed E-state index contributed by atoms with van der Waals surface area (Å²) in [7, 11) is 1.66. The Kier molecular flexibility index (Phi) is 5.75. The molecule has 1 aromatic heterocycles. The first-order valence-electron chi connectivity index (χ1n) is 9.98. The zero-order chi connectivity index (χ0) is 19.4. The van der Waals surface area contributed by atoms with Crippen molar-refractivity contribution < 1.29 is 13.9 Å². The summed E-state index contributed by atoms with van der Waals surface area (Å²) in [4.78, 5) is 21.7. The zero-order valence-electron chi connectivity index (χ0n) is 16.4. The van der Waals surface area contributed by atoms with Gasteiger partial charge in [-0.1, -0.05) is 30.3 Å². The van der Waals surface area contributed by atoms with E-state index in [0.717, 1.165) is 50.3 Å². The van der Waals surface area contributed by atoms with Crippen LogP contribution in [0.15, 0.2) is 40.9 Å². The van der Waals surface area contributed by atoms with Crippen LogP contribution in [0.4, 0.5) is 0 Å². The van der Waals surface area contributed by atoms with Crippen LogP contribution in [-0.2, 0) is 16.1 Å². The Bertz CT molecular complexity index is 778. The number of oxazole rings is 1. The summed E-state index contributed by atoms with van der Waals surface area (Å²) in [6.07, 6.45) is 3.26. The number of nitrogens with zero attached hydrogens (tertiary/aromatic N) is 3. The van der Waals surface area contributed by atoms with Gasteiger partial charge in [0.25, 0.3) is 5.91 Å². The number of piperidine rings is 1. The molecule has 1 aromatic carbocycles. The predicted molar refractivity (Wildman–Crippen MR) is 106 cm³/mol. The van der Waals surface area contributed by atoms with Crippen LogP contribution in [0.3, 0.4) is 0 Å². The normalized spacial score (nSPS) is 20.2. The Hall–Kier alpha value is -2.22. The molecule has 0 atom stereocenters. The summed E-state index contributed by atoms with van der Waals surface area (Å²) < 4.78 is 11.6. The van der Waals surface area contributed by atoms with E-state index < -0.39 is 5.60 Å². The molecule has 1 N–H and O–H groups in total. The van der Waals surface area contributed by atoms with Gasteiger partial charge in [-0.3, -0.25) is 9.69 Å². The lowest BCUT2D eigenvalue weighted by Gasteiger charge is -2.42. The van der Waals surface area contributed by atoms with Gasteiger partial charge in [0, 0.05) is 38.9 Å². The molecule has 3 heterocycles. The molecule has 2 aliphatic rings. The van der Waals surface area contributed by atoms with E-state index in [0.29, 0.717) is 25.5 Å². The number of ether oxygens (including phenoxy) is 1. The van der Waals surface area contributed by atoms with E-state index in [1.54, 1.807) is 13.3 Å². The summed E-state index contributed by atoms with van der Waals surface area (Å²) in [6, 6.07) is 9.99. The van der Waals surface area contributed by atoms with Crippen LogP contribution in [0.5, 0.6) is 0 Å². The van der Waals surface area contributed by atoms with Crippen LogP contribution in [0.1, 0.15) is 18.7 Å². The molecule has 1 amide bonds. The van der Waals surface area contributed by atoms with E-state index in [4.69, 9.17) is 9.15 Å². The molecule has 0 bridgehead atoms. The van der Waals surface area contributed by atoms with Gasteiger partial charge in [0.05, 0.1) is 12.7 Å². The summed E-state index contributed by atoms with van der Waals surface area (Å²) in [5.74, 6) is 1.64. The molecule has 0 radical (unpaired) electrons. The summed E-state index contributed by atoms with van der Waals surface area (Å²) in [5.41, 5.74) is 0.379. The maximum Gasteiger partial charge on any atom is 0.254 e. The van der Waals surface area contributed by atoms with Crippen molar-refractivity contribution in [3.05, 3.63) is 42.4 Å². The standard InChI is InChI=1S/C21H28N4O3/c1-27-21(7-9-22-10-8-21)20(26)25-13-11-24(12-14-25)16-19-23-15-18(28-19)17-5-3-2-4-6-17/h2-6,15,22H,7-14,16H2,1H3. The van der Waals surface area contributed by atoms with Crippen LogP contribution >= 0.6 is 0 Å². The van der Waals surface area contributed by atoms with Gasteiger partial charge in [0.2, 0.25) is 5.89 Å². The average Bonchev–Trinajstić information content (AvgIpc) is 3.23. The summed E-state index contributed by atoms with van der Waals surface area (Å²) in [5, 5.41) is 3.30. The van der Waals surface area contributed by atoms with Crippen LogP contribution in [0.25, 0.3) is 11.3 Å². The van der Waals surface area contributed by atoms with E-state index >= 15 is 0 Å². The maximum atomic E-state index is 13.1. The number of hydrogen-bond donors (Lipinski definition) is 1. The molecule has 150 valence electrons. The van der Waals surface area contributed by atoms with Gasteiger partial charge in [0.1, 0.15) is 5.60 Å². The largest absolute Gasteiger partial charge is 0.439 e. The van der Waals surface area contributed by atoms with Gasteiger partial charge in [-0.2, -0.15) is 0 Å². The fourth-order valence-electron chi connectivity index (χ4n) is 4.04. The van der Waals surface area contributed by atoms with Crippen molar-refractivity contribution in [1.82, 2.24) is 20.1 Å². The number of carbonyl (C=O) groups excluding carboxylic acids is 1. The molecule has 2 aliphatic heterocycles. The van der Waals surface area contributed by atoms with Crippen molar-refractivity contribution in [3.63, 3.8) is 0 Å². The second kappa shape index (κ2) is 8.43. The molecular weight excluding hydrogens is 356 g/mol. The molecule has 7 nitrogen and oxygen atoms in total. The fourth-order valence-corrected chi connectivity index (χ4v) is 4.04. The van der Waals surface area contributed by atoms with Crippen molar-refractivity contribution in [1.29, 1.82) is 0 Å². The number of hydrogen-bond acceptors (Lipinski definition) is 6. The SMILES string of the molecule is COC1(C(=O)N2CCN(Cc3ncc(-c4ccccc4)o3)CC2)CCNCC1. The lowest BCUT2D eigenvalue weighted by atomic mass is 9.90. The number of carbonyl (C=O) groups is 1. The van der Waals surface area contributed by atoms with E-state index in [1.807, 2.05) is 35.2 Å². The minimum absolute atomic E-state index is 0.138. The zero-order valence-corrected chi connectivity index (χ0v) is 16.4. The third kappa shape index (κ3) is 3.97. The Balaban J connectivity index is 1.32. The first-order chi connectivity index (χ1) is 13.7. The van der Waals surface area contributed by atoms with Crippen molar-refractivity contribution in [3.8, 4) is 11.3 Å². The highest BCUT2D eigenvalue weighted by Gasteiger charge is 2.43. The van der Waals surface area contributed by atoms with Crippen molar-refractivity contribution in [2.75, 3.05) is 46.4 Å². The van der Waals surface area contributed by atoms with Gasteiger partial charge in [0.15, 0.2) is 5.76 Å². The molecular formula is C21H28N4O3. The first-order valence-corrected chi connectivity index (χ1v) is 9.98. The molecule has 2 aromatic rings. The number of methoxy groups -OCH3 is 1. The van der Waals surface area contributed by atoms with E-state index in [9.17, 15) is 4.79 Å². The van der Waals surface area contributed by atoms with E-state index in [-0.39, 0.29) is 5.91 Å². The van der Waals surface area contributed by atoms with Gasteiger partial charge in [-0.25, -0.2) is 4.98 Å². The number of rotatable bonds is 5. The third-order valence-electron chi connectivity index (χ3n) is 5.82. The molecule has 28 heavy (non-hydrogen) atoms. The van der Waals surface area contributed by atoms with Crippen molar-refractivity contribution in [2.24, 2.45) is 0 Å². The number of piperazine rings is 1. The van der Waals surface area contributed by atoms with Crippen LogP contribution in [-0.4, -0.2) is 72.7 Å². The Morgan fingerprint density at radius 2 is 1.89 bits per heavy atom. The molecule has 2 saturated heterocycles. The monoisotopic (exact) mass is 384 g/mol. The molecule has 7 heteroatoms. The lowest BCUT2D eigenvalue weighted by Crippen LogP contribution is -2.59. The number of nitrogens with one attached hydrogen (secondary N) is 1. The van der Waals surface area contributed by atoms with Crippen LogP contribution in [0, 0.1) is 0 Å². The Labute approximate surface area is 165 Å². The van der Waals surface area contributed by atoms with Crippen LogP contribution in [0.2, 0.25) is 0 Å². The molecule has 2 fully saturated rings. The number of amides is 1. The average molecular weight is 384 g/mol. The van der Waals surface area contributed by atoms with Crippen LogP contribution < -0.4 is 5.32 Å². The highest BCUT2D eigenvalue weighted by Crippen LogP contribution is 2.26. The quantitative estimate of drug-likeness (QED) is 0.847. The second-order valence-electron chi connectivity index (χ2n) is 7.50. The van der Waals surface area contributed by atoms with E-state index in [1.165, 1.54) is 0 Å². The smallest absolute Gasteiger partial charge is 0.254 e. The number of benzene rings is 1. The van der Waals surface area contributed by atoms with E-state index in [2.05, 4.69) is 15.2 Å². The molecule has 0 spiro atoms. The highest BCUT2D eigenvalue weighted by molar-refractivity contribution is 5.85. The molecule has 4 rings (SSSR count). The summed E-state index contributed by atoms with van der Waals surface area (Å²) in [6.45, 7) is 5.36. The Morgan fingerprint density at radius 3 is 2.57 bits per heavy atom. The minimum Gasteiger partial charge on any atom is -0.439 e. The topological polar surface area (TPSA) is 70.8 Å². The highest BCUT2D eigenvalue weighted by atomic mass is 16.5. The lowest BCUT2D eigenvalue weighted by molar-refractivity contribution is -0.160. The predicted octanol–water partition coefficient (Wildman–Crippen LogP) is 1.75. The maximum absolute atomic E-state index is 13.1.